The van der Waals surface area contributed by atoms with Crippen LogP contribution in [0.25, 0.3) is 0 Å². The second-order valence-electron chi connectivity index (χ2n) is 8.12. The number of rotatable bonds is 5. The van der Waals surface area contributed by atoms with Gasteiger partial charge in [-0.2, -0.15) is 0 Å². The molecule has 0 unspecified atom stereocenters. The van der Waals surface area contributed by atoms with E-state index in [1.807, 2.05) is 0 Å². The van der Waals surface area contributed by atoms with Gasteiger partial charge >= 0.3 is 0 Å². The van der Waals surface area contributed by atoms with Gasteiger partial charge in [0.1, 0.15) is 5.82 Å². The molecule has 148 valence electrons. The highest BCUT2D eigenvalue weighted by atomic mass is 19.1. The van der Waals surface area contributed by atoms with E-state index in [0.717, 1.165) is 32.4 Å². The highest BCUT2D eigenvalue weighted by Crippen LogP contribution is 2.23. The Morgan fingerprint density at radius 1 is 1.11 bits per heavy atom. The van der Waals surface area contributed by atoms with E-state index in [0.29, 0.717) is 24.1 Å². The Bertz CT molecular complexity index is 659. The summed E-state index contributed by atoms with van der Waals surface area (Å²) < 4.78 is 13.2. The molecule has 1 saturated carbocycles. The summed E-state index contributed by atoms with van der Waals surface area (Å²) in [5.74, 6) is 0.0830. The number of halogens is 1. The fraction of sp³-hybridized carbons (Fsp3) is 0.619. The largest absolute Gasteiger partial charge is 0.349 e. The maximum absolute atomic E-state index is 13.2. The van der Waals surface area contributed by atoms with Crippen molar-refractivity contribution in [3.05, 3.63) is 35.6 Å². The number of hydrogen-bond donors (Lipinski definition) is 3. The van der Waals surface area contributed by atoms with Crippen LogP contribution in [0.4, 0.5) is 4.39 Å². The van der Waals surface area contributed by atoms with Gasteiger partial charge in [0.05, 0.1) is 13.1 Å². The number of hydrogen-bond acceptors (Lipinski definition) is 2. The molecule has 1 saturated heterocycles. The molecule has 3 rings (SSSR count). The van der Waals surface area contributed by atoms with E-state index in [1.54, 1.807) is 12.1 Å². The molecule has 3 N–H and O–H groups in total. The predicted molar refractivity (Wildman–Crippen MR) is 102 cm³/mol. The van der Waals surface area contributed by atoms with Crippen LogP contribution in [0.1, 0.15) is 55.8 Å². The lowest BCUT2D eigenvalue weighted by molar-refractivity contribution is -0.897. The predicted octanol–water partition coefficient (Wildman–Crippen LogP) is 1.30. The number of nitrogens with one attached hydrogen (secondary N) is 3. The molecule has 1 aromatic carbocycles. The van der Waals surface area contributed by atoms with Crippen molar-refractivity contribution in [3.63, 3.8) is 0 Å². The minimum absolute atomic E-state index is 0.0888. The standard InChI is InChI=1S/C21H30FN3O2/c1-15-5-2-3-8-19(15)24-20(26)14-25-11-9-18(10-12-25)23-21(27)16-6-4-7-17(22)13-16/h4,6-7,13,15,18-19H,2-3,5,8-12,14H2,1H3,(H,23,27)(H,24,26)/p+1/t15-,19+/m1/s1. The molecule has 2 fully saturated rings. The highest BCUT2D eigenvalue weighted by molar-refractivity contribution is 5.94. The average molecular weight is 376 g/mol. The van der Waals surface area contributed by atoms with Gasteiger partial charge in [-0.3, -0.25) is 9.59 Å². The van der Waals surface area contributed by atoms with Gasteiger partial charge in [0.25, 0.3) is 11.8 Å². The summed E-state index contributed by atoms with van der Waals surface area (Å²) in [5.41, 5.74) is 0.353. The van der Waals surface area contributed by atoms with Crippen LogP contribution in [0.5, 0.6) is 0 Å². The zero-order chi connectivity index (χ0) is 19.2. The van der Waals surface area contributed by atoms with Crippen molar-refractivity contribution in [2.24, 2.45) is 5.92 Å². The van der Waals surface area contributed by atoms with Gasteiger partial charge in [-0.25, -0.2) is 4.39 Å². The van der Waals surface area contributed by atoms with Crippen molar-refractivity contribution >= 4 is 11.8 Å². The van der Waals surface area contributed by atoms with Gasteiger partial charge in [0.2, 0.25) is 0 Å². The van der Waals surface area contributed by atoms with Crippen LogP contribution in [-0.4, -0.2) is 43.5 Å². The SMILES string of the molecule is C[C@@H]1CCCC[C@@H]1NC(=O)C[NH+]1CCC(NC(=O)c2cccc(F)c2)CC1. The Morgan fingerprint density at radius 3 is 2.56 bits per heavy atom. The molecule has 6 heteroatoms. The molecule has 2 aliphatic rings. The topological polar surface area (TPSA) is 62.6 Å². The highest BCUT2D eigenvalue weighted by Gasteiger charge is 2.27. The molecule has 1 aliphatic heterocycles. The molecule has 0 aromatic heterocycles. The molecule has 2 atom stereocenters. The Morgan fingerprint density at radius 2 is 1.85 bits per heavy atom. The minimum atomic E-state index is -0.403. The lowest BCUT2D eigenvalue weighted by atomic mass is 9.86. The summed E-state index contributed by atoms with van der Waals surface area (Å²) in [6.07, 6.45) is 6.45. The normalized spacial score (nSPS) is 28.4. The van der Waals surface area contributed by atoms with E-state index in [1.165, 1.54) is 36.3 Å². The third-order valence-corrected chi connectivity index (χ3v) is 5.98. The Labute approximate surface area is 160 Å². The second kappa shape index (κ2) is 9.31. The molecule has 5 nitrogen and oxygen atoms in total. The van der Waals surface area contributed by atoms with Crippen LogP contribution < -0.4 is 15.5 Å². The van der Waals surface area contributed by atoms with Crippen LogP contribution in [0.15, 0.2) is 24.3 Å². The summed E-state index contributed by atoms with van der Waals surface area (Å²) in [6.45, 7) is 4.46. The number of carbonyl (C=O) groups excluding carboxylic acids is 2. The lowest BCUT2D eigenvalue weighted by Gasteiger charge is -2.32. The molecule has 0 radical (unpaired) electrons. The fourth-order valence-corrected chi connectivity index (χ4v) is 4.26. The van der Waals surface area contributed by atoms with Crippen LogP contribution >= 0.6 is 0 Å². The van der Waals surface area contributed by atoms with Crippen molar-refractivity contribution in [2.45, 2.75) is 57.5 Å². The van der Waals surface area contributed by atoms with Gasteiger partial charge in [0, 0.05) is 30.5 Å². The van der Waals surface area contributed by atoms with Crippen LogP contribution in [-0.2, 0) is 4.79 Å². The monoisotopic (exact) mass is 376 g/mol. The molecular weight excluding hydrogens is 345 g/mol. The number of likely N-dealkylation sites (tertiary alicyclic amines) is 1. The summed E-state index contributed by atoms with van der Waals surface area (Å²) >= 11 is 0. The van der Waals surface area contributed by atoms with E-state index in [9.17, 15) is 14.0 Å². The average Bonchev–Trinajstić information content (AvgIpc) is 2.65. The Hall–Kier alpha value is -1.95. The molecule has 1 heterocycles. The van der Waals surface area contributed by atoms with Gasteiger partial charge in [-0.05, 0) is 37.0 Å². The van der Waals surface area contributed by atoms with Gasteiger partial charge < -0.3 is 15.5 Å². The first-order valence-corrected chi connectivity index (χ1v) is 10.2. The quantitative estimate of drug-likeness (QED) is 0.725. The molecular formula is C21H31FN3O2+. The third kappa shape index (κ3) is 5.76. The Balaban J connectivity index is 1.39. The Kier molecular flexibility index (Phi) is 6.83. The van der Waals surface area contributed by atoms with Gasteiger partial charge in [-0.15, -0.1) is 0 Å². The molecule has 0 bridgehead atoms. The number of amides is 2. The zero-order valence-electron chi connectivity index (χ0n) is 16.1. The van der Waals surface area contributed by atoms with Gasteiger partial charge in [0.15, 0.2) is 6.54 Å². The molecule has 1 aromatic rings. The summed E-state index contributed by atoms with van der Waals surface area (Å²) in [6, 6.07) is 6.17. The fourth-order valence-electron chi connectivity index (χ4n) is 4.26. The van der Waals surface area contributed by atoms with Crippen LogP contribution in [0.2, 0.25) is 0 Å². The number of carbonyl (C=O) groups is 2. The van der Waals surface area contributed by atoms with E-state index in [4.69, 9.17) is 0 Å². The summed E-state index contributed by atoms with van der Waals surface area (Å²) in [7, 11) is 0. The van der Waals surface area contributed by atoms with Crippen molar-refractivity contribution in [1.29, 1.82) is 0 Å². The van der Waals surface area contributed by atoms with Gasteiger partial charge in [-0.1, -0.05) is 25.8 Å². The third-order valence-electron chi connectivity index (χ3n) is 5.98. The maximum Gasteiger partial charge on any atom is 0.275 e. The number of piperidine rings is 1. The molecule has 0 spiro atoms. The van der Waals surface area contributed by atoms with Crippen LogP contribution in [0, 0.1) is 11.7 Å². The van der Waals surface area contributed by atoms with Crippen molar-refractivity contribution in [1.82, 2.24) is 10.6 Å². The smallest absolute Gasteiger partial charge is 0.275 e. The van der Waals surface area contributed by atoms with Crippen LogP contribution in [0.3, 0.4) is 0 Å². The van der Waals surface area contributed by atoms with Crippen molar-refractivity contribution in [2.75, 3.05) is 19.6 Å². The first-order chi connectivity index (χ1) is 13.0. The summed E-state index contributed by atoms with van der Waals surface area (Å²) in [5, 5.41) is 6.21. The molecule has 2 amide bonds. The minimum Gasteiger partial charge on any atom is -0.349 e. The maximum atomic E-state index is 13.2. The number of quaternary nitrogens is 1. The zero-order valence-corrected chi connectivity index (χ0v) is 16.1. The van der Waals surface area contributed by atoms with Crippen molar-refractivity contribution < 1.29 is 18.9 Å². The first-order valence-electron chi connectivity index (χ1n) is 10.2. The second-order valence-corrected chi connectivity index (χ2v) is 8.12. The van der Waals surface area contributed by atoms with E-state index >= 15 is 0 Å². The summed E-state index contributed by atoms with van der Waals surface area (Å²) in [4.78, 5) is 25.9. The molecule has 27 heavy (non-hydrogen) atoms. The number of benzene rings is 1. The van der Waals surface area contributed by atoms with E-state index in [-0.39, 0.29) is 17.9 Å². The van der Waals surface area contributed by atoms with E-state index in [2.05, 4.69) is 17.6 Å². The van der Waals surface area contributed by atoms with E-state index < -0.39 is 5.82 Å². The molecule has 1 aliphatic carbocycles. The lowest BCUT2D eigenvalue weighted by Crippen LogP contribution is -3.14. The first kappa shape index (κ1) is 19.8. The van der Waals surface area contributed by atoms with Crippen molar-refractivity contribution in [3.8, 4) is 0 Å².